The standard InChI is InChI=1S/C20H28N2O6/c1-20(2,3)28-19(25)21-10-11-22-13-15(12-16(22)18(24)26-4)27-17(23)14-8-6-5-7-9-14/h5-9,15-16H,10-13H2,1-4H3,(H,21,25)/t15-,16-/m0/s1. The fourth-order valence-corrected chi connectivity index (χ4v) is 2.98. The van der Waals surface area contributed by atoms with Gasteiger partial charge >= 0.3 is 18.0 Å². The van der Waals surface area contributed by atoms with Gasteiger partial charge in [0.2, 0.25) is 0 Å². The zero-order valence-electron chi connectivity index (χ0n) is 16.8. The molecule has 1 aliphatic heterocycles. The van der Waals surface area contributed by atoms with Gasteiger partial charge in [-0.1, -0.05) is 18.2 Å². The van der Waals surface area contributed by atoms with Crippen LogP contribution in [0.1, 0.15) is 37.6 Å². The number of ether oxygens (including phenoxy) is 3. The third-order valence-electron chi connectivity index (χ3n) is 4.19. The first-order chi connectivity index (χ1) is 13.2. The largest absolute Gasteiger partial charge is 0.468 e. The molecule has 8 nitrogen and oxygen atoms in total. The van der Waals surface area contributed by atoms with Gasteiger partial charge in [-0.3, -0.25) is 9.69 Å². The number of nitrogens with zero attached hydrogens (tertiary/aromatic N) is 1. The highest BCUT2D eigenvalue weighted by Gasteiger charge is 2.39. The molecule has 0 spiro atoms. The van der Waals surface area contributed by atoms with Crippen LogP contribution in [0.5, 0.6) is 0 Å². The van der Waals surface area contributed by atoms with Crippen molar-refractivity contribution in [3.63, 3.8) is 0 Å². The van der Waals surface area contributed by atoms with Gasteiger partial charge in [-0.25, -0.2) is 9.59 Å². The Kier molecular flexibility index (Phi) is 7.39. The van der Waals surface area contributed by atoms with Gasteiger partial charge in [-0.05, 0) is 32.9 Å². The maximum atomic E-state index is 12.3. The lowest BCUT2D eigenvalue weighted by Gasteiger charge is -2.23. The number of methoxy groups -OCH3 is 1. The minimum absolute atomic E-state index is 0.293. The molecular formula is C20H28N2O6. The summed E-state index contributed by atoms with van der Waals surface area (Å²) in [7, 11) is 1.32. The highest BCUT2D eigenvalue weighted by molar-refractivity contribution is 5.89. The molecule has 28 heavy (non-hydrogen) atoms. The van der Waals surface area contributed by atoms with Crippen molar-refractivity contribution in [2.24, 2.45) is 0 Å². The molecule has 0 aromatic heterocycles. The number of amides is 1. The Morgan fingerprint density at radius 2 is 1.86 bits per heavy atom. The zero-order valence-corrected chi connectivity index (χ0v) is 16.8. The van der Waals surface area contributed by atoms with Crippen LogP contribution in [-0.4, -0.2) is 67.4 Å². The van der Waals surface area contributed by atoms with Gasteiger partial charge < -0.3 is 19.5 Å². The van der Waals surface area contributed by atoms with E-state index in [9.17, 15) is 14.4 Å². The number of carbonyl (C=O) groups is 3. The summed E-state index contributed by atoms with van der Waals surface area (Å²) in [5.74, 6) is -0.821. The lowest BCUT2D eigenvalue weighted by Crippen LogP contribution is -2.42. The maximum absolute atomic E-state index is 12.3. The summed E-state index contributed by atoms with van der Waals surface area (Å²) in [5, 5.41) is 2.66. The summed E-state index contributed by atoms with van der Waals surface area (Å²) in [6, 6.07) is 8.17. The van der Waals surface area contributed by atoms with E-state index in [1.54, 1.807) is 45.0 Å². The quantitative estimate of drug-likeness (QED) is 0.584. The van der Waals surface area contributed by atoms with Crippen molar-refractivity contribution >= 4 is 18.0 Å². The second-order valence-electron chi connectivity index (χ2n) is 7.59. The molecule has 1 saturated heterocycles. The second kappa shape index (κ2) is 9.54. The summed E-state index contributed by atoms with van der Waals surface area (Å²) in [5.41, 5.74) is -0.120. The molecular weight excluding hydrogens is 364 g/mol. The Hall–Kier alpha value is -2.61. The van der Waals surface area contributed by atoms with E-state index in [-0.39, 0.29) is 0 Å². The predicted molar refractivity (Wildman–Crippen MR) is 102 cm³/mol. The number of nitrogens with one attached hydrogen (secondary N) is 1. The third kappa shape index (κ3) is 6.53. The molecule has 1 aliphatic rings. The van der Waals surface area contributed by atoms with E-state index >= 15 is 0 Å². The Morgan fingerprint density at radius 1 is 1.18 bits per heavy atom. The first-order valence-corrected chi connectivity index (χ1v) is 9.24. The Balaban J connectivity index is 1.90. The van der Waals surface area contributed by atoms with Gasteiger partial charge in [0.25, 0.3) is 0 Å². The summed E-state index contributed by atoms with van der Waals surface area (Å²) in [6.45, 7) is 6.43. The molecule has 1 aromatic carbocycles. The molecule has 2 atom stereocenters. The normalized spacial score (nSPS) is 19.7. The number of carbonyl (C=O) groups excluding carboxylic acids is 3. The van der Waals surface area contributed by atoms with Crippen LogP contribution >= 0.6 is 0 Å². The number of hydrogen-bond donors (Lipinski definition) is 1. The molecule has 0 unspecified atom stereocenters. The Morgan fingerprint density at radius 3 is 2.46 bits per heavy atom. The molecule has 1 fully saturated rings. The van der Waals surface area contributed by atoms with Crippen LogP contribution in [0.15, 0.2) is 30.3 Å². The Bertz CT molecular complexity index is 686. The van der Waals surface area contributed by atoms with Crippen LogP contribution in [0, 0.1) is 0 Å². The van der Waals surface area contributed by atoms with Crippen molar-refractivity contribution in [2.45, 2.75) is 44.9 Å². The summed E-state index contributed by atoms with van der Waals surface area (Å²) in [4.78, 5) is 38.0. The van der Waals surface area contributed by atoms with E-state index in [0.717, 1.165) is 0 Å². The minimum atomic E-state index is -0.580. The van der Waals surface area contributed by atoms with Gasteiger partial charge in [-0.2, -0.15) is 0 Å². The first-order valence-electron chi connectivity index (χ1n) is 9.24. The van der Waals surface area contributed by atoms with Crippen molar-refractivity contribution in [1.29, 1.82) is 0 Å². The second-order valence-corrected chi connectivity index (χ2v) is 7.59. The van der Waals surface area contributed by atoms with E-state index in [2.05, 4.69) is 5.32 Å². The van der Waals surface area contributed by atoms with Gasteiger partial charge in [0.15, 0.2) is 0 Å². The van der Waals surface area contributed by atoms with Crippen molar-refractivity contribution in [1.82, 2.24) is 10.2 Å². The molecule has 2 rings (SSSR count). The Labute approximate surface area is 165 Å². The zero-order chi connectivity index (χ0) is 20.7. The highest BCUT2D eigenvalue weighted by atomic mass is 16.6. The predicted octanol–water partition coefficient (Wildman–Crippen LogP) is 1.98. The van der Waals surface area contributed by atoms with Gasteiger partial charge in [0.1, 0.15) is 17.7 Å². The van der Waals surface area contributed by atoms with E-state index in [1.807, 2.05) is 11.0 Å². The van der Waals surface area contributed by atoms with Crippen LogP contribution in [0.2, 0.25) is 0 Å². The maximum Gasteiger partial charge on any atom is 0.407 e. The van der Waals surface area contributed by atoms with Gasteiger partial charge in [0.05, 0.1) is 12.7 Å². The molecule has 0 bridgehead atoms. The summed E-state index contributed by atoms with van der Waals surface area (Å²) in [6.07, 6.45) is -0.607. The van der Waals surface area contributed by atoms with Crippen LogP contribution in [0.4, 0.5) is 4.79 Å². The summed E-state index contributed by atoms with van der Waals surface area (Å²) < 4.78 is 15.6. The molecule has 0 saturated carbocycles. The fraction of sp³-hybridized carbons (Fsp3) is 0.550. The molecule has 8 heteroatoms. The SMILES string of the molecule is COC(=O)[C@@H]1C[C@H](OC(=O)c2ccccc2)CN1CCNC(=O)OC(C)(C)C. The number of likely N-dealkylation sites (tertiary alicyclic amines) is 1. The van der Waals surface area contributed by atoms with Crippen molar-refractivity contribution in [3.8, 4) is 0 Å². The molecule has 0 radical (unpaired) electrons. The van der Waals surface area contributed by atoms with E-state index in [4.69, 9.17) is 14.2 Å². The lowest BCUT2D eigenvalue weighted by atomic mass is 10.2. The van der Waals surface area contributed by atoms with E-state index < -0.39 is 35.8 Å². The minimum Gasteiger partial charge on any atom is -0.468 e. The average molecular weight is 392 g/mol. The summed E-state index contributed by atoms with van der Waals surface area (Å²) >= 11 is 0. The smallest absolute Gasteiger partial charge is 0.407 e. The van der Waals surface area contributed by atoms with Gasteiger partial charge in [0, 0.05) is 26.1 Å². The van der Waals surface area contributed by atoms with Crippen LogP contribution in [-0.2, 0) is 19.0 Å². The molecule has 1 N–H and O–H groups in total. The molecule has 154 valence electrons. The van der Waals surface area contributed by atoms with Crippen molar-refractivity contribution in [2.75, 3.05) is 26.7 Å². The number of hydrogen-bond acceptors (Lipinski definition) is 7. The van der Waals surface area contributed by atoms with E-state index in [1.165, 1.54) is 7.11 Å². The number of rotatable bonds is 6. The number of esters is 2. The van der Waals surface area contributed by atoms with E-state index in [0.29, 0.717) is 31.6 Å². The topological polar surface area (TPSA) is 94.2 Å². The lowest BCUT2D eigenvalue weighted by molar-refractivity contribution is -0.145. The van der Waals surface area contributed by atoms with Crippen LogP contribution < -0.4 is 5.32 Å². The van der Waals surface area contributed by atoms with Gasteiger partial charge in [-0.15, -0.1) is 0 Å². The monoisotopic (exact) mass is 392 g/mol. The molecule has 0 aliphatic carbocycles. The van der Waals surface area contributed by atoms with Crippen LogP contribution in [0.25, 0.3) is 0 Å². The molecule has 1 aromatic rings. The molecule has 1 heterocycles. The number of benzene rings is 1. The molecule has 1 amide bonds. The van der Waals surface area contributed by atoms with Crippen molar-refractivity contribution in [3.05, 3.63) is 35.9 Å². The van der Waals surface area contributed by atoms with Crippen molar-refractivity contribution < 1.29 is 28.6 Å². The fourth-order valence-electron chi connectivity index (χ4n) is 2.98. The average Bonchev–Trinajstić information content (AvgIpc) is 3.02. The first kappa shape index (κ1) is 21.7. The number of alkyl carbamates (subject to hydrolysis) is 1. The third-order valence-corrected chi connectivity index (χ3v) is 4.19. The highest BCUT2D eigenvalue weighted by Crippen LogP contribution is 2.22. The van der Waals surface area contributed by atoms with Crippen LogP contribution in [0.3, 0.4) is 0 Å².